The molecule has 3 heterocycles. The van der Waals surface area contributed by atoms with Crippen molar-refractivity contribution in [3.63, 3.8) is 0 Å². The van der Waals surface area contributed by atoms with Crippen molar-refractivity contribution >= 4 is 43.9 Å². The van der Waals surface area contributed by atoms with Gasteiger partial charge in [0.2, 0.25) is 0 Å². The SMILES string of the molecule is c1ccc(-c2nc(-c3ccc(-c4ccccc4)c4c3oc3ccccc34)cc(-c3ccc(-c4ccccc4)c4oc5ccccc5c34)n2)cc1. The van der Waals surface area contributed by atoms with Gasteiger partial charge in [0.05, 0.1) is 11.4 Å². The third-order valence-corrected chi connectivity index (χ3v) is 9.53. The molecule has 0 aliphatic heterocycles. The molecule has 10 aromatic rings. The minimum atomic E-state index is 0.641. The highest BCUT2D eigenvalue weighted by Crippen LogP contribution is 2.44. The molecule has 0 fully saturated rings. The van der Waals surface area contributed by atoms with Crippen molar-refractivity contribution in [3.8, 4) is 56.2 Å². The summed E-state index contributed by atoms with van der Waals surface area (Å²) in [7, 11) is 0. The van der Waals surface area contributed by atoms with Crippen LogP contribution in [0.15, 0.2) is 179 Å². The van der Waals surface area contributed by atoms with E-state index in [2.05, 4.69) is 115 Å². The second-order valence-corrected chi connectivity index (χ2v) is 12.5. The van der Waals surface area contributed by atoms with Crippen molar-refractivity contribution in [2.24, 2.45) is 0 Å². The summed E-state index contributed by atoms with van der Waals surface area (Å²) in [4.78, 5) is 10.5. The molecule has 0 N–H and O–H groups in total. The largest absolute Gasteiger partial charge is 0.455 e. The lowest BCUT2D eigenvalue weighted by Gasteiger charge is -2.13. The van der Waals surface area contributed by atoms with Gasteiger partial charge in [-0.2, -0.15) is 0 Å². The number of nitrogens with zero attached hydrogens (tertiary/aromatic N) is 2. The molecule has 0 saturated heterocycles. The highest BCUT2D eigenvalue weighted by Gasteiger charge is 2.22. The quantitative estimate of drug-likeness (QED) is 0.188. The van der Waals surface area contributed by atoms with Gasteiger partial charge < -0.3 is 8.83 Å². The van der Waals surface area contributed by atoms with Gasteiger partial charge in [-0.05, 0) is 47.0 Å². The molecule has 50 heavy (non-hydrogen) atoms. The fourth-order valence-corrected chi connectivity index (χ4v) is 7.21. The molecule has 0 aliphatic rings. The van der Waals surface area contributed by atoms with Crippen LogP contribution in [0.25, 0.3) is 100 Å². The summed E-state index contributed by atoms with van der Waals surface area (Å²) in [5, 5.41) is 4.22. The van der Waals surface area contributed by atoms with Gasteiger partial charge in [0, 0.05) is 43.8 Å². The van der Waals surface area contributed by atoms with Crippen LogP contribution >= 0.6 is 0 Å². The molecular formula is C46H28N2O2. The lowest BCUT2D eigenvalue weighted by Crippen LogP contribution is -1.97. The van der Waals surface area contributed by atoms with E-state index in [0.29, 0.717) is 5.82 Å². The zero-order chi connectivity index (χ0) is 33.0. The summed E-state index contributed by atoms with van der Waals surface area (Å²) >= 11 is 0. The molecule has 0 atom stereocenters. The smallest absolute Gasteiger partial charge is 0.160 e. The van der Waals surface area contributed by atoms with Crippen LogP contribution in [0.3, 0.4) is 0 Å². The molecule has 7 aromatic carbocycles. The number of furan rings is 2. The Balaban J connectivity index is 1.27. The predicted molar refractivity (Wildman–Crippen MR) is 204 cm³/mol. The van der Waals surface area contributed by atoms with Crippen LogP contribution in [0.2, 0.25) is 0 Å². The second kappa shape index (κ2) is 11.4. The molecule has 0 saturated carbocycles. The van der Waals surface area contributed by atoms with E-state index in [1.807, 2.05) is 54.6 Å². The minimum absolute atomic E-state index is 0.641. The average molecular weight is 641 g/mol. The van der Waals surface area contributed by atoms with Crippen molar-refractivity contribution in [3.05, 3.63) is 170 Å². The van der Waals surface area contributed by atoms with E-state index in [0.717, 1.165) is 94.2 Å². The van der Waals surface area contributed by atoms with Crippen molar-refractivity contribution in [2.45, 2.75) is 0 Å². The Morgan fingerprint density at radius 1 is 0.340 bits per heavy atom. The number of benzene rings is 7. The Hall–Kier alpha value is -6.78. The van der Waals surface area contributed by atoms with Gasteiger partial charge in [-0.25, -0.2) is 9.97 Å². The molecule has 0 aliphatic carbocycles. The zero-order valence-corrected chi connectivity index (χ0v) is 26.9. The summed E-state index contributed by atoms with van der Waals surface area (Å²) < 4.78 is 13.3. The van der Waals surface area contributed by atoms with E-state index in [-0.39, 0.29) is 0 Å². The Morgan fingerprint density at radius 3 is 1.38 bits per heavy atom. The molecule has 10 rings (SSSR count). The van der Waals surface area contributed by atoms with E-state index in [9.17, 15) is 0 Å². The maximum Gasteiger partial charge on any atom is 0.160 e. The highest BCUT2D eigenvalue weighted by molar-refractivity contribution is 6.17. The van der Waals surface area contributed by atoms with E-state index in [1.54, 1.807) is 0 Å². The lowest BCUT2D eigenvalue weighted by atomic mass is 9.94. The van der Waals surface area contributed by atoms with E-state index >= 15 is 0 Å². The average Bonchev–Trinajstić information content (AvgIpc) is 3.78. The predicted octanol–water partition coefficient (Wildman–Crippen LogP) is 12.6. The zero-order valence-electron chi connectivity index (χ0n) is 26.9. The molecule has 0 unspecified atom stereocenters. The number of hydrogen-bond donors (Lipinski definition) is 0. The Bertz CT molecular complexity index is 2850. The number of rotatable bonds is 5. The van der Waals surface area contributed by atoms with Crippen LogP contribution in [0.4, 0.5) is 0 Å². The first-order chi connectivity index (χ1) is 24.8. The molecule has 0 amide bonds. The van der Waals surface area contributed by atoms with Crippen LogP contribution < -0.4 is 0 Å². The van der Waals surface area contributed by atoms with E-state index in [4.69, 9.17) is 18.8 Å². The molecule has 0 spiro atoms. The number of hydrogen-bond acceptors (Lipinski definition) is 4. The minimum Gasteiger partial charge on any atom is -0.455 e. The summed E-state index contributed by atoms with van der Waals surface area (Å²) in [5.74, 6) is 0.641. The van der Waals surface area contributed by atoms with Crippen LogP contribution in [0.1, 0.15) is 0 Å². The topological polar surface area (TPSA) is 52.1 Å². The molecule has 234 valence electrons. The van der Waals surface area contributed by atoms with Crippen molar-refractivity contribution in [1.29, 1.82) is 0 Å². The lowest BCUT2D eigenvalue weighted by molar-refractivity contribution is 0.669. The van der Waals surface area contributed by atoms with Gasteiger partial charge >= 0.3 is 0 Å². The second-order valence-electron chi connectivity index (χ2n) is 12.5. The van der Waals surface area contributed by atoms with Crippen molar-refractivity contribution in [2.75, 3.05) is 0 Å². The van der Waals surface area contributed by atoms with Gasteiger partial charge in [0.1, 0.15) is 22.3 Å². The first kappa shape index (κ1) is 28.3. The maximum absolute atomic E-state index is 6.70. The molecule has 4 nitrogen and oxygen atoms in total. The van der Waals surface area contributed by atoms with Gasteiger partial charge in [-0.1, -0.05) is 140 Å². The molecule has 0 radical (unpaired) electrons. The Kier molecular flexibility index (Phi) is 6.46. The third kappa shape index (κ3) is 4.54. The summed E-state index contributed by atoms with van der Waals surface area (Å²) in [6, 6.07) is 58.2. The van der Waals surface area contributed by atoms with Gasteiger partial charge in [-0.3, -0.25) is 0 Å². The van der Waals surface area contributed by atoms with E-state index in [1.165, 1.54) is 0 Å². The fourth-order valence-electron chi connectivity index (χ4n) is 7.21. The summed E-state index contributed by atoms with van der Waals surface area (Å²) in [6.07, 6.45) is 0. The van der Waals surface area contributed by atoms with Gasteiger partial charge in [0.15, 0.2) is 5.82 Å². The van der Waals surface area contributed by atoms with Gasteiger partial charge in [0.25, 0.3) is 0 Å². The van der Waals surface area contributed by atoms with Crippen molar-refractivity contribution in [1.82, 2.24) is 9.97 Å². The molecule has 3 aromatic heterocycles. The standard InChI is InChI=1S/C46H28N2O2/c1-4-14-29(15-5-1)32-24-27-35(45-42(32)36-20-10-12-22-40(36)50-45)39-28-38(47-46(48-39)31-18-8-3-9-19-31)34-26-25-33(30-16-6-2-7-17-30)44-43(34)37-21-11-13-23-41(37)49-44/h1-28H. The number of para-hydroxylation sites is 2. The van der Waals surface area contributed by atoms with Crippen LogP contribution in [-0.2, 0) is 0 Å². The van der Waals surface area contributed by atoms with E-state index < -0.39 is 0 Å². The van der Waals surface area contributed by atoms with Crippen LogP contribution in [0.5, 0.6) is 0 Å². The third-order valence-electron chi connectivity index (χ3n) is 9.53. The Morgan fingerprint density at radius 2 is 0.760 bits per heavy atom. The monoisotopic (exact) mass is 640 g/mol. The first-order valence-corrected chi connectivity index (χ1v) is 16.7. The number of aromatic nitrogens is 2. The van der Waals surface area contributed by atoms with Crippen molar-refractivity contribution < 1.29 is 8.83 Å². The first-order valence-electron chi connectivity index (χ1n) is 16.7. The highest BCUT2D eigenvalue weighted by atomic mass is 16.3. The summed E-state index contributed by atoms with van der Waals surface area (Å²) in [6.45, 7) is 0. The normalized spacial score (nSPS) is 11.6. The summed E-state index contributed by atoms with van der Waals surface area (Å²) in [5.41, 5.74) is 12.1. The molecule has 0 bridgehead atoms. The maximum atomic E-state index is 6.70. The Labute approximate surface area is 287 Å². The van der Waals surface area contributed by atoms with Crippen LogP contribution in [0, 0.1) is 0 Å². The fraction of sp³-hybridized carbons (Fsp3) is 0. The molecular weight excluding hydrogens is 613 g/mol. The van der Waals surface area contributed by atoms with Gasteiger partial charge in [-0.15, -0.1) is 0 Å². The van der Waals surface area contributed by atoms with Crippen LogP contribution in [-0.4, -0.2) is 9.97 Å². The number of fused-ring (bicyclic) bond motifs is 6. The molecule has 4 heteroatoms.